The van der Waals surface area contributed by atoms with E-state index < -0.39 is 0 Å². The molecule has 0 heterocycles. The van der Waals surface area contributed by atoms with Crippen LogP contribution in [0.15, 0.2) is 23.1 Å². The van der Waals surface area contributed by atoms with Crippen molar-refractivity contribution in [2.75, 3.05) is 5.75 Å². The molecule has 0 saturated heterocycles. The third-order valence-corrected chi connectivity index (χ3v) is 3.55. The zero-order chi connectivity index (χ0) is 12.0. The minimum atomic E-state index is 0.190. The normalized spacial score (nSPS) is 12.6. The first-order valence-corrected chi connectivity index (χ1v) is 6.80. The van der Waals surface area contributed by atoms with Gasteiger partial charge in [-0.1, -0.05) is 6.42 Å². The molecule has 2 N–H and O–H groups in total. The number of hydrogen-bond donors (Lipinski definition) is 2. The van der Waals surface area contributed by atoms with Gasteiger partial charge < -0.3 is 10.2 Å². The summed E-state index contributed by atoms with van der Waals surface area (Å²) < 4.78 is 0. The van der Waals surface area contributed by atoms with Crippen molar-refractivity contribution >= 4 is 23.4 Å². The summed E-state index contributed by atoms with van der Waals surface area (Å²) >= 11 is 7.40. The van der Waals surface area contributed by atoms with Crippen LogP contribution in [0.2, 0.25) is 0 Å². The maximum atomic E-state index is 9.53. The number of hydrogen-bond acceptors (Lipinski definition) is 3. The summed E-state index contributed by atoms with van der Waals surface area (Å²) in [5.74, 6) is 1.35. The molecule has 0 bridgehead atoms. The Labute approximate surface area is 106 Å². The Morgan fingerprint density at radius 3 is 2.75 bits per heavy atom. The van der Waals surface area contributed by atoms with Crippen molar-refractivity contribution in [3.05, 3.63) is 18.2 Å². The highest BCUT2D eigenvalue weighted by atomic mass is 35.5. The molecule has 0 saturated carbocycles. The van der Waals surface area contributed by atoms with E-state index in [1.54, 1.807) is 17.8 Å². The van der Waals surface area contributed by atoms with Crippen LogP contribution in [-0.4, -0.2) is 21.3 Å². The Morgan fingerprint density at radius 2 is 2.06 bits per heavy atom. The van der Waals surface area contributed by atoms with Crippen LogP contribution >= 0.6 is 23.4 Å². The van der Waals surface area contributed by atoms with E-state index >= 15 is 0 Å². The number of aromatic hydroxyl groups is 2. The number of phenols is 2. The van der Waals surface area contributed by atoms with Gasteiger partial charge in [0.1, 0.15) is 11.5 Å². The summed E-state index contributed by atoms with van der Waals surface area (Å²) in [7, 11) is 0. The molecule has 1 aromatic carbocycles. The summed E-state index contributed by atoms with van der Waals surface area (Å²) in [4.78, 5) is 0.735. The monoisotopic (exact) mass is 260 g/mol. The van der Waals surface area contributed by atoms with E-state index in [0.29, 0.717) is 0 Å². The number of alkyl halides is 1. The molecule has 1 rings (SSSR count). The maximum Gasteiger partial charge on any atom is 0.129 e. The van der Waals surface area contributed by atoms with Gasteiger partial charge >= 0.3 is 0 Å². The summed E-state index contributed by atoms with van der Waals surface area (Å²) in [6.45, 7) is 2.00. The molecule has 4 heteroatoms. The van der Waals surface area contributed by atoms with E-state index in [1.807, 2.05) is 6.92 Å². The van der Waals surface area contributed by atoms with Crippen LogP contribution in [0.5, 0.6) is 11.5 Å². The molecule has 16 heavy (non-hydrogen) atoms. The van der Waals surface area contributed by atoms with Crippen LogP contribution in [-0.2, 0) is 0 Å². The van der Waals surface area contributed by atoms with E-state index in [4.69, 9.17) is 11.6 Å². The van der Waals surface area contributed by atoms with E-state index in [2.05, 4.69) is 0 Å². The van der Waals surface area contributed by atoms with Crippen molar-refractivity contribution < 1.29 is 10.2 Å². The van der Waals surface area contributed by atoms with E-state index in [-0.39, 0.29) is 16.9 Å². The molecular formula is C12H17ClO2S. The Hall–Kier alpha value is -0.540. The molecule has 1 unspecified atom stereocenters. The predicted octanol–water partition coefficient (Wildman–Crippen LogP) is 3.99. The van der Waals surface area contributed by atoms with Crippen molar-refractivity contribution in [2.45, 2.75) is 36.5 Å². The topological polar surface area (TPSA) is 40.5 Å². The predicted molar refractivity (Wildman–Crippen MR) is 69.7 cm³/mol. The van der Waals surface area contributed by atoms with E-state index in [9.17, 15) is 10.2 Å². The molecule has 0 spiro atoms. The Morgan fingerprint density at radius 1 is 1.31 bits per heavy atom. The Kier molecular flexibility index (Phi) is 5.85. The second-order valence-corrected chi connectivity index (χ2v) is 5.66. The summed E-state index contributed by atoms with van der Waals surface area (Å²) in [6, 6.07) is 4.58. The number of unbranched alkanes of at least 4 members (excludes halogenated alkanes) is 1. The minimum absolute atomic E-state index is 0.190. The largest absolute Gasteiger partial charge is 0.508 e. The van der Waals surface area contributed by atoms with Crippen molar-refractivity contribution in [2.24, 2.45) is 0 Å². The van der Waals surface area contributed by atoms with Crippen molar-refractivity contribution in [3.8, 4) is 11.5 Å². The molecular weight excluding hydrogens is 244 g/mol. The van der Waals surface area contributed by atoms with Crippen LogP contribution in [0, 0.1) is 0 Å². The van der Waals surface area contributed by atoms with Crippen LogP contribution in [0.25, 0.3) is 0 Å². The van der Waals surface area contributed by atoms with Crippen molar-refractivity contribution in [1.29, 1.82) is 0 Å². The smallest absolute Gasteiger partial charge is 0.129 e. The van der Waals surface area contributed by atoms with Crippen LogP contribution < -0.4 is 0 Å². The van der Waals surface area contributed by atoms with E-state index in [0.717, 1.165) is 29.9 Å². The summed E-state index contributed by atoms with van der Waals surface area (Å²) in [5, 5.41) is 19.0. The zero-order valence-corrected chi connectivity index (χ0v) is 10.9. The van der Waals surface area contributed by atoms with E-state index in [1.165, 1.54) is 12.1 Å². The fourth-order valence-corrected chi connectivity index (χ4v) is 2.47. The first-order valence-electron chi connectivity index (χ1n) is 5.38. The average Bonchev–Trinajstić information content (AvgIpc) is 2.22. The molecule has 1 aromatic rings. The molecule has 0 radical (unpaired) electrons. The highest BCUT2D eigenvalue weighted by molar-refractivity contribution is 7.99. The lowest BCUT2D eigenvalue weighted by atomic mass is 10.2. The molecule has 0 fully saturated rings. The van der Waals surface area contributed by atoms with Gasteiger partial charge in [0.05, 0.1) is 4.90 Å². The number of thioether (sulfide) groups is 1. The van der Waals surface area contributed by atoms with Gasteiger partial charge in [-0.25, -0.2) is 0 Å². The van der Waals surface area contributed by atoms with Gasteiger partial charge in [0, 0.05) is 5.38 Å². The lowest BCUT2D eigenvalue weighted by molar-refractivity contribution is 0.448. The van der Waals surface area contributed by atoms with Crippen LogP contribution in [0.3, 0.4) is 0 Å². The number of rotatable bonds is 6. The second-order valence-electron chi connectivity index (χ2n) is 3.78. The lowest BCUT2D eigenvalue weighted by Crippen LogP contribution is -1.91. The van der Waals surface area contributed by atoms with Crippen molar-refractivity contribution in [1.82, 2.24) is 0 Å². The molecule has 1 atom stereocenters. The number of benzene rings is 1. The molecule has 0 aliphatic carbocycles. The first-order chi connectivity index (χ1) is 7.59. The van der Waals surface area contributed by atoms with Gasteiger partial charge in [-0.2, -0.15) is 0 Å². The van der Waals surface area contributed by atoms with Gasteiger partial charge in [0.2, 0.25) is 0 Å². The fraction of sp³-hybridized carbons (Fsp3) is 0.500. The highest BCUT2D eigenvalue weighted by Gasteiger charge is 2.03. The van der Waals surface area contributed by atoms with Gasteiger partial charge in [0.25, 0.3) is 0 Å². The standard InChI is InChI=1S/C12H17ClO2S/c1-9(13)4-2-3-7-16-12-8-10(14)5-6-11(12)15/h5-6,8-9,14-15H,2-4,7H2,1H3. The lowest BCUT2D eigenvalue weighted by Gasteiger charge is -2.05. The second kappa shape index (κ2) is 6.92. The molecule has 0 aliphatic rings. The highest BCUT2D eigenvalue weighted by Crippen LogP contribution is 2.32. The average molecular weight is 261 g/mol. The number of phenolic OH excluding ortho intramolecular Hbond substituents is 2. The molecule has 2 nitrogen and oxygen atoms in total. The third-order valence-electron chi connectivity index (χ3n) is 2.20. The first kappa shape index (κ1) is 13.5. The fourth-order valence-electron chi connectivity index (χ4n) is 1.33. The van der Waals surface area contributed by atoms with Crippen LogP contribution in [0.4, 0.5) is 0 Å². The van der Waals surface area contributed by atoms with Gasteiger partial charge in [-0.3, -0.25) is 0 Å². The SMILES string of the molecule is CC(Cl)CCCCSc1cc(O)ccc1O. The molecule has 0 amide bonds. The Balaban J connectivity index is 2.29. The minimum Gasteiger partial charge on any atom is -0.508 e. The van der Waals surface area contributed by atoms with Crippen LogP contribution in [0.1, 0.15) is 26.2 Å². The number of halogens is 1. The molecule has 90 valence electrons. The van der Waals surface area contributed by atoms with Crippen molar-refractivity contribution in [3.63, 3.8) is 0 Å². The third kappa shape index (κ3) is 4.99. The van der Waals surface area contributed by atoms with Gasteiger partial charge in [-0.15, -0.1) is 23.4 Å². The van der Waals surface area contributed by atoms with Gasteiger partial charge in [0.15, 0.2) is 0 Å². The van der Waals surface area contributed by atoms with Gasteiger partial charge in [-0.05, 0) is 43.7 Å². The summed E-state index contributed by atoms with van der Waals surface area (Å²) in [6.07, 6.45) is 3.18. The molecule has 0 aromatic heterocycles. The quantitative estimate of drug-likeness (QED) is 0.352. The maximum absolute atomic E-state index is 9.53. The summed E-state index contributed by atoms with van der Waals surface area (Å²) in [5.41, 5.74) is 0. The Bertz CT molecular complexity index is 329. The molecule has 0 aliphatic heterocycles. The zero-order valence-electron chi connectivity index (χ0n) is 9.32.